The van der Waals surface area contributed by atoms with Crippen molar-refractivity contribution in [2.75, 3.05) is 45.5 Å². The fraction of sp³-hybridized carbons (Fsp3) is 0.206. The van der Waals surface area contributed by atoms with E-state index in [1.165, 1.54) is 20.3 Å². The minimum Gasteiger partial charge on any atom is -0.497 e. The highest BCUT2D eigenvalue weighted by molar-refractivity contribution is 6.35. The molecule has 1 atom stereocenters. The molecule has 1 amide bonds. The molecule has 0 aliphatic carbocycles. The third-order valence-electron chi connectivity index (χ3n) is 7.20. The molecule has 0 aliphatic rings. The number of ether oxygens (including phenoxy) is 2. The Balaban J connectivity index is 1.65. The molecule has 0 aliphatic heterocycles. The summed E-state index contributed by atoms with van der Waals surface area (Å²) in [6, 6.07) is 17.3. The summed E-state index contributed by atoms with van der Waals surface area (Å²) in [5.74, 6) is 1.41. The fourth-order valence-corrected chi connectivity index (χ4v) is 5.19. The van der Waals surface area contributed by atoms with Crippen molar-refractivity contribution >= 4 is 46.0 Å². The molecule has 2 N–H and O–H groups in total. The van der Waals surface area contributed by atoms with E-state index in [2.05, 4.69) is 20.6 Å². The zero-order valence-corrected chi connectivity index (χ0v) is 26.9. The molecule has 11 nitrogen and oxygen atoms in total. The van der Waals surface area contributed by atoms with Gasteiger partial charge in [-0.15, -0.1) is 0 Å². The summed E-state index contributed by atoms with van der Waals surface area (Å²) in [4.78, 5) is 42.6. The third kappa shape index (κ3) is 7.17. The van der Waals surface area contributed by atoms with Gasteiger partial charge in [-0.2, -0.15) is 4.98 Å². The second-order valence-corrected chi connectivity index (χ2v) is 11.1. The Labute approximate surface area is 271 Å². The van der Waals surface area contributed by atoms with Crippen LogP contribution in [0.25, 0.3) is 22.2 Å². The highest BCUT2D eigenvalue weighted by Gasteiger charge is 2.22. The van der Waals surface area contributed by atoms with E-state index in [0.29, 0.717) is 51.7 Å². The van der Waals surface area contributed by atoms with Crippen LogP contribution in [0.4, 0.5) is 17.5 Å². The fourth-order valence-electron chi connectivity index (χ4n) is 4.90. The summed E-state index contributed by atoms with van der Waals surface area (Å²) in [6.07, 6.45) is 6.58. The number of rotatable bonds is 11. The number of fused-ring (bicyclic) bond motifs is 1. The molecule has 0 radical (unpaired) electrons. The Morgan fingerprint density at radius 1 is 1.04 bits per heavy atom. The molecule has 1 unspecified atom stereocenters. The molecule has 5 rings (SSSR count). The van der Waals surface area contributed by atoms with Crippen molar-refractivity contribution in [3.8, 4) is 22.6 Å². The number of amides is 1. The lowest BCUT2D eigenvalue weighted by atomic mass is 10.0. The van der Waals surface area contributed by atoms with Gasteiger partial charge in [-0.1, -0.05) is 35.9 Å². The molecular formula is C34H34ClN7O4. The lowest BCUT2D eigenvalue weighted by Gasteiger charge is -2.21. The van der Waals surface area contributed by atoms with E-state index in [4.69, 9.17) is 26.1 Å². The predicted molar refractivity (Wildman–Crippen MR) is 181 cm³/mol. The van der Waals surface area contributed by atoms with E-state index in [9.17, 15) is 9.59 Å². The number of carbonyl (C=O) groups excluding carboxylic acids is 1. The largest absolute Gasteiger partial charge is 0.497 e. The van der Waals surface area contributed by atoms with Gasteiger partial charge in [-0.3, -0.25) is 14.2 Å². The van der Waals surface area contributed by atoms with Gasteiger partial charge in [-0.05, 0) is 63.0 Å². The molecule has 0 saturated carbocycles. The maximum atomic E-state index is 14.5. The summed E-state index contributed by atoms with van der Waals surface area (Å²) in [5, 5.41) is 6.87. The minimum absolute atomic E-state index is 0.254. The monoisotopic (exact) mass is 639 g/mol. The molecule has 0 spiro atoms. The molecule has 0 bridgehead atoms. The van der Waals surface area contributed by atoms with Crippen molar-refractivity contribution in [1.29, 1.82) is 0 Å². The van der Waals surface area contributed by atoms with Crippen molar-refractivity contribution in [3.05, 3.63) is 106 Å². The number of carbonyl (C=O) groups is 1. The number of benzene rings is 2. The van der Waals surface area contributed by atoms with E-state index in [1.807, 2.05) is 56.3 Å². The maximum Gasteiger partial charge on any atom is 0.260 e. The normalized spacial score (nSPS) is 12.0. The molecule has 3 heterocycles. The molecule has 3 aromatic heterocycles. The summed E-state index contributed by atoms with van der Waals surface area (Å²) in [5.41, 5.74) is 2.15. The van der Waals surface area contributed by atoms with Crippen LogP contribution < -0.4 is 25.7 Å². The lowest BCUT2D eigenvalue weighted by Crippen LogP contribution is -2.27. The Bertz CT molecular complexity index is 1960. The van der Waals surface area contributed by atoms with Crippen molar-refractivity contribution in [2.45, 2.75) is 13.0 Å². The van der Waals surface area contributed by atoms with Crippen LogP contribution in [0.15, 0.2) is 90.0 Å². The summed E-state index contributed by atoms with van der Waals surface area (Å²) < 4.78 is 12.5. The van der Waals surface area contributed by atoms with Crippen LogP contribution >= 0.6 is 11.6 Å². The van der Waals surface area contributed by atoms with E-state index >= 15 is 0 Å². The van der Waals surface area contributed by atoms with Gasteiger partial charge in [-0.25, -0.2) is 9.97 Å². The first kappa shape index (κ1) is 32.1. The number of anilines is 3. The highest BCUT2D eigenvalue weighted by Crippen LogP contribution is 2.39. The Morgan fingerprint density at radius 3 is 2.59 bits per heavy atom. The topological polar surface area (TPSA) is 124 Å². The molecule has 12 heteroatoms. The number of hydrogen-bond donors (Lipinski definition) is 2. The second-order valence-electron chi connectivity index (χ2n) is 10.7. The standard InChI is InChI=1S/C34H34ClN7O4/c1-21(22-10-8-11-24(16-22)38-30(43)13-9-15-41(2)3)42-32-23(20-37-34(40-32)39-29-12-6-7-14-36-29)17-27(33(42)44)26-18-25(45-4)19-28(46-5)31(26)35/h6-14,16-21H,15H2,1-5H3,(H,38,43)(H,36,37,39,40)/b13-9+. The molecule has 5 aromatic rings. The average molecular weight is 640 g/mol. The highest BCUT2D eigenvalue weighted by atomic mass is 35.5. The first-order chi connectivity index (χ1) is 22.2. The number of hydrogen-bond acceptors (Lipinski definition) is 9. The van der Waals surface area contributed by atoms with E-state index < -0.39 is 6.04 Å². The molecule has 46 heavy (non-hydrogen) atoms. The number of methoxy groups -OCH3 is 2. The van der Waals surface area contributed by atoms with Crippen LogP contribution in [0.3, 0.4) is 0 Å². The number of nitrogens with one attached hydrogen (secondary N) is 2. The summed E-state index contributed by atoms with van der Waals surface area (Å²) >= 11 is 6.76. The minimum atomic E-state index is -0.528. The van der Waals surface area contributed by atoms with Crippen LogP contribution in [0, 0.1) is 0 Å². The molecule has 236 valence electrons. The smallest absolute Gasteiger partial charge is 0.260 e. The van der Waals surface area contributed by atoms with Crippen molar-refractivity contribution in [3.63, 3.8) is 0 Å². The van der Waals surface area contributed by atoms with Gasteiger partial charge in [0.05, 0.1) is 25.3 Å². The van der Waals surface area contributed by atoms with Crippen molar-refractivity contribution in [2.24, 2.45) is 0 Å². The molecule has 2 aromatic carbocycles. The van der Waals surface area contributed by atoms with Gasteiger partial charge in [0.15, 0.2) is 0 Å². The molecule has 0 saturated heterocycles. The van der Waals surface area contributed by atoms with Gasteiger partial charge in [0.1, 0.15) is 23.0 Å². The van der Waals surface area contributed by atoms with E-state index in [-0.39, 0.29) is 22.4 Å². The van der Waals surface area contributed by atoms with Crippen LogP contribution in [0.2, 0.25) is 5.02 Å². The third-order valence-corrected chi connectivity index (χ3v) is 7.59. The first-order valence-electron chi connectivity index (χ1n) is 14.4. The van der Waals surface area contributed by atoms with Crippen LogP contribution in [0.5, 0.6) is 11.5 Å². The summed E-state index contributed by atoms with van der Waals surface area (Å²) in [6.45, 7) is 2.53. The lowest BCUT2D eigenvalue weighted by molar-refractivity contribution is -0.111. The molecular weight excluding hydrogens is 606 g/mol. The average Bonchev–Trinajstić information content (AvgIpc) is 3.05. The Kier molecular flexibility index (Phi) is 9.94. The van der Waals surface area contributed by atoms with Gasteiger partial charge in [0.25, 0.3) is 5.56 Å². The first-order valence-corrected chi connectivity index (χ1v) is 14.8. The quantitative estimate of drug-likeness (QED) is 0.169. The SMILES string of the molecule is COc1cc(OC)c(Cl)c(-c2cc3cnc(Nc4ccccn4)nc3n(C(C)c3cccc(NC(=O)/C=C/CN(C)C)c3)c2=O)c1. The van der Waals surface area contributed by atoms with Gasteiger partial charge < -0.3 is 25.0 Å². The number of halogens is 1. The number of nitrogens with zero attached hydrogens (tertiary/aromatic N) is 5. The van der Waals surface area contributed by atoms with Crippen molar-refractivity contribution < 1.29 is 14.3 Å². The second kappa shape index (κ2) is 14.2. The predicted octanol–water partition coefficient (Wildman–Crippen LogP) is 5.93. The zero-order valence-electron chi connectivity index (χ0n) is 26.1. The number of pyridine rings is 2. The van der Waals surface area contributed by atoms with E-state index in [0.717, 1.165) is 5.56 Å². The summed E-state index contributed by atoms with van der Waals surface area (Å²) in [7, 11) is 6.88. The maximum absolute atomic E-state index is 14.5. The van der Waals surface area contributed by atoms with Crippen LogP contribution in [0.1, 0.15) is 18.5 Å². The zero-order chi connectivity index (χ0) is 32.8. The molecule has 0 fully saturated rings. The van der Waals surface area contributed by atoms with Gasteiger partial charge in [0, 0.05) is 53.3 Å². The number of aromatic nitrogens is 4. The van der Waals surface area contributed by atoms with Gasteiger partial charge in [0.2, 0.25) is 11.9 Å². The van der Waals surface area contributed by atoms with Gasteiger partial charge >= 0.3 is 0 Å². The van der Waals surface area contributed by atoms with E-state index in [1.54, 1.807) is 53.4 Å². The van der Waals surface area contributed by atoms with Crippen LogP contribution in [-0.4, -0.2) is 65.2 Å². The van der Waals surface area contributed by atoms with Crippen LogP contribution in [-0.2, 0) is 4.79 Å². The Morgan fingerprint density at radius 2 is 1.87 bits per heavy atom. The number of likely N-dealkylation sites (N-methyl/N-ethyl adjacent to an activating group) is 1. The Hall–Kier alpha value is -5.26. The van der Waals surface area contributed by atoms with Crippen molar-refractivity contribution in [1.82, 2.24) is 24.4 Å².